The fraction of sp³-hybridized carbons (Fsp3) is 0.571. The van der Waals surface area contributed by atoms with Crippen LogP contribution in [0.25, 0.3) is 0 Å². The van der Waals surface area contributed by atoms with E-state index in [1.165, 1.54) is 6.26 Å². The van der Waals surface area contributed by atoms with Crippen LogP contribution in [0.3, 0.4) is 0 Å². The number of aliphatic imine (C=N–C) groups is 1. The maximum Gasteiger partial charge on any atom is 0.191 e. The maximum atomic E-state index is 11.1. The number of nitrogens with zero attached hydrogens (tertiary/aromatic N) is 2. The molecule has 1 unspecified atom stereocenters. The van der Waals surface area contributed by atoms with Crippen LogP contribution < -0.4 is 10.6 Å². The predicted molar refractivity (Wildman–Crippen MR) is 86.2 cm³/mol. The van der Waals surface area contributed by atoms with Crippen molar-refractivity contribution in [1.29, 1.82) is 0 Å². The Hall–Kier alpha value is -1.63. The minimum absolute atomic E-state index is 0.0424. The first-order valence-electron chi connectivity index (χ1n) is 6.95. The van der Waals surface area contributed by atoms with Crippen LogP contribution >= 0.6 is 0 Å². The standard InChI is InChI=1S/C14H24N4O2S/c1-12(8-11-21(3,19)20)18-14(15-2)17-10-7-13-6-4-5-9-16-13/h4-6,9,12H,7-8,10-11H2,1-3H3,(H2,15,17,18). The third-order valence-corrected chi connectivity index (χ3v) is 3.91. The Labute approximate surface area is 127 Å². The SMILES string of the molecule is CN=C(NCCc1ccccn1)NC(C)CCS(C)(=O)=O. The third-order valence-electron chi connectivity index (χ3n) is 2.93. The van der Waals surface area contributed by atoms with Gasteiger partial charge in [-0.2, -0.15) is 0 Å². The van der Waals surface area contributed by atoms with Crippen molar-refractivity contribution >= 4 is 15.8 Å². The topological polar surface area (TPSA) is 83.4 Å². The van der Waals surface area contributed by atoms with Crippen molar-refractivity contribution in [2.45, 2.75) is 25.8 Å². The highest BCUT2D eigenvalue weighted by atomic mass is 32.2. The highest BCUT2D eigenvalue weighted by molar-refractivity contribution is 7.90. The summed E-state index contributed by atoms with van der Waals surface area (Å²) in [6, 6.07) is 5.87. The van der Waals surface area contributed by atoms with E-state index >= 15 is 0 Å². The van der Waals surface area contributed by atoms with Crippen LogP contribution in [0.4, 0.5) is 0 Å². The summed E-state index contributed by atoms with van der Waals surface area (Å²) in [5, 5.41) is 6.37. The number of hydrogen-bond donors (Lipinski definition) is 2. The van der Waals surface area contributed by atoms with Crippen LogP contribution in [0.1, 0.15) is 19.0 Å². The summed E-state index contributed by atoms with van der Waals surface area (Å²) in [4.78, 5) is 8.38. The monoisotopic (exact) mass is 312 g/mol. The van der Waals surface area contributed by atoms with Crippen molar-refractivity contribution < 1.29 is 8.42 Å². The Kier molecular flexibility index (Phi) is 7.14. The van der Waals surface area contributed by atoms with Crippen LogP contribution in [-0.4, -0.2) is 51.0 Å². The molecular formula is C14H24N4O2S. The second-order valence-corrected chi connectivity index (χ2v) is 7.29. The molecular weight excluding hydrogens is 288 g/mol. The lowest BCUT2D eigenvalue weighted by molar-refractivity contribution is 0.581. The Morgan fingerprint density at radius 1 is 1.43 bits per heavy atom. The number of sulfone groups is 1. The van der Waals surface area contributed by atoms with Crippen molar-refractivity contribution in [2.75, 3.05) is 25.6 Å². The van der Waals surface area contributed by atoms with Gasteiger partial charge in [0, 0.05) is 44.2 Å². The summed E-state index contributed by atoms with van der Waals surface area (Å²) >= 11 is 0. The van der Waals surface area contributed by atoms with Crippen molar-refractivity contribution in [2.24, 2.45) is 4.99 Å². The lowest BCUT2D eigenvalue weighted by Crippen LogP contribution is -2.43. The van der Waals surface area contributed by atoms with E-state index in [4.69, 9.17) is 0 Å². The summed E-state index contributed by atoms with van der Waals surface area (Å²) in [6.45, 7) is 2.66. The molecule has 1 rings (SSSR count). The number of guanidine groups is 1. The molecule has 21 heavy (non-hydrogen) atoms. The van der Waals surface area contributed by atoms with Crippen molar-refractivity contribution in [1.82, 2.24) is 15.6 Å². The third kappa shape index (κ3) is 8.29. The average Bonchev–Trinajstić information content (AvgIpc) is 2.44. The fourth-order valence-electron chi connectivity index (χ4n) is 1.75. The van der Waals surface area contributed by atoms with Gasteiger partial charge < -0.3 is 10.6 Å². The first-order chi connectivity index (χ1) is 9.90. The number of aromatic nitrogens is 1. The molecule has 6 nitrogen and oxygen atoms in total. The molecule has 0 bridgehead atoms. The molecule has 7 heteroatoms. The molecule has 1 atom stereocenters. The molecule has 118 valence electrons. The molecule has 0 spiro atoms. The van der Waals surface area contributed by atoms with E-state index in [9.17, 15) is 8.42 Å². The van der Waals surface area contributed by atoms with E-state index in [1.54, 1.807) is 13.2 Å². The van der Waals surface area contributed by atoms with Gasteiger partial charge in [0.25, 0.3) is 0 Å². The number of hydrogen-bond acceptors (Lipinski definition) is 4. The van der Waals surface area contributed by atoms with Gasteiger partial charge in [0.1, 0.15) is 9.84 Å². The normalized spacial score (nSPS) is 13.8. The van der Waals surface area contributed by atoms with Crippen LogP contribution in [-0.2, 0) is 16.3 Å². The molecule has 2 N–H and O–H groups in total. The fourth-order valence-corrected chi connectivity index (χ4v) is 2.53. The van der Waals surface area contributed by atoms with Crippen LogP contribution in [0.15, 0.2) is 29.4 Å². The van der Waals surface area contributed by atoms with Crippen LogP contribution in [0.5, 0.6) is 0 Å². The van der Waals surface area contributed by atoms with Gasteiger partial charge in [-0.05, 0) is 25.5 Å². The zero-order valence-corrected chi connectivity index (χ0v) is 13.7. The van der Waals surface area contributed by atoms with Crippen molar-refractivity contribution in [3.8, 4) is 0 Å². The molecule has 0 fully saturated rings. The van der Waals surface area contributed by atoms with Gasteiger partial charge in [-0.1, -0.05) is 6.07 Å². The molecule has 0 aliphatic rings. The second kappa shape index (κ2) is 8.61. The molecule has 0 aliphatic carbocycles. The summed E-state index contributed by atoms with van der Waals surface area (Å²) in [5.41, 5.74) is 1.02. The number of pyridine rings is 1. The maximum absolute atomic E-state index is 11.1. The highest BCUT2D eigenvalue weighted by Gasteiger charge is 2.09. The van der Waals surface area contributed by atoms with Crippen molar-refractivity contribution in [3.05, 3.63) is 30.1 Å². The van der Waals surface area contributed by atoms with E-state index in [1.807, 2.05) is 25.1 Å². The number of nitrogens with one attached hydrogen (secondary N) is 2. The zero-order valence-electron chi connectivity index (χ0n) is 12.8. The van der Waals surface area contributed by atoms with E-state index < -0.39 is 9.84 Å². The van der Waals surface area contributed by atoms with Crippen LogP contribution in [0.2, 0.25) is 0 Å². The molecule has 0 aliphatic heterocycles. The molecule has 0 aromatic carbocycles. The number of rotatable bonds is 7. The molecule has 0 amide bonds. The lowest BCUT2D eigenvalue weighted by atomic mass is 10.2. The molecule has 1 aromatic rings. The summed E-state index contributed by atoms with van der Waals surface area (Å²) in [7, 11) is -1.23. The zero-order chi connectivity index (χ0) is 15.7. The Bertz CT molecular complexity index is 543. The van der Waals surface area contributed by atoms with Gasteiger partial charge in [-0.3, -0.25) is 9.98 Å². The van der Waals surface area contributed by atoms with Gasteiger partial charge in [-0.15, -0.1) is 0 Å². The van der Waals surface area contributed by atoms with Gasteiger partial charge >= 0.3 is 0 Å². The van der Waals surface area contributed by atoms with E-state index in [-0.39, 0.29) is 11.8 Å². The molecule has 1 aromatic heterocycles. The molecule has 0 saturated heterocycles. The molecule has 0 saturated carbocycles. The largest absolute Gasteiger partial charge is 0.356 e. The average molecular weight is 312 g/mol. The van der Waals surface area contributed by atoms with E-state index in [0.717, 1.165) is 18.7 Å². The first kappa shape index (κ1) is 17.4. The van der Waals surface area contributed by atoms with Crippen LogP contribution in [0, 0.1) is 0 Å². The van der Waals surface area contributed by atoms with Gasteiger partial charge in [0.05, 0.1) is 5.75 Å². The predicted octanol–water partition coefficient (Wildman–Crippen LogP) is 0.612. The Morgan fingerprint density at radius 3 is 2.76 bits per heavy atom. The highest BCUT2D eigenvalue weighted by Crippen LogP contribution is 1.96. The molecule has 1 heterocycles. The first-order valence-corrected chi connectivity index (χ1v) is 9.01. The Balaban J connectivity index is 2.32. The minimum atomic E-state index is -2.92. The van der Waals surface area contributed by atoms with E-state index in [0.29, 0.717) is 12.4 Å². The van der Waals surface area contributed by atoms with Crippen molar-refractivity contribution in [3.63, 3.8) is 0 Å². The second-order valence-electron chi connectivity index (χ2n) is 5.03. The van der Waals surface area contributed by atoms with Gasteiger partial charge in [0.15, 0.2) is 5.96 Å². The van der Waals surface area contributed by atoms with Gasteiger partial charge in [0.2, 0.25) is 0 Å². The summed E-state index contributed by atoms with van der Waals surface area (Å²) in [6.07, 6.45) is 4.38. The lowest BCUT2D eigenvalue weighted by Gasteiger charge is -2.17. The summed E-state index contributed by atoms with van der Waals surface area (Å²) < 4.78 is 22.3. The molecule has 0 radical (unpaired) electrons. The smallest absolute Gasteiger partial charge is 0.191 e. The van der Waals surface area contributed by atoms with Gasteiger partial charge in [-0.25, -0.2) is 8.42 Å². The van der Waals surface area contributed by atoms with E-state index in [2.05, 4.69) is 20.6 Å². The Morgan fingerprint density at radius 2 is 2.19 bits per heavy atom. The minimum Gasteiger partial charge on any atom is -0.356 e. The summed E-state index contributed by atoms with van der Waals surface area (Å²) in [5.74, 6) is 0.846. The quantitative estimate of drug-likeness (QED) is 0.569.